The Labute approximate surface area is 87.8 Å². The first-order chi connectivity index (χ1) is 6.72. The molecule has 80 valence electrons. The van der Waals surface area contributed by atoms with E-state index in [1.165, 1.54) is 32.1 Å². The zero-order valence-electron chi connectivity index (χ0n) is 9.26. The molecule has 1 aliphatic rings. The van der Waals surface area contributed by atoms with E-state index >= 15 is 0 Å². The van der Waals surface area contributed by atoms with E-state index in [9.17, 15) is 0 Å². The monoisotopic (exact) mass is 194 g/mol. The molecule has 0 bridgehead atoms. The van der Waals surface area contributed by atoms with Crippen LogP contribution >= 0.6 is 0 Å². The summed E-state index contributed by atoms with van der Waals surface area (Å²) in [6, 6.07) is 0. The minimum Gasteiger partial charge on any atom is -0.330 e. The van der Waals surface area contributed by atoms with Crippen LogP contribution in [0.15, 0.2) is 0 Å². The molecule has 0 saturated heterocycles. The van der Waals surface area contributed by atoms with Gasteiger partial charge in [0.1, 0.15) is 0 Å². The van der Waals surface area contributed by atoms with Crippen LogP contribution in [0.25, 0.3) is 0 Å². The third kappa shape index (κ3) is 3.01. The first-order valence-electron chi connectivity index (χ1n) is 5.54. The number of hydrogen-bond acceptors (Lipinski definition) is 2. The van der Waals surface area contributed by atoms with E-state index in [1.807, 2.05) is 0 Å². The van der Waals surface area contributed by atoms with Crippen molar-refractivity contribution in [3.63, 3.8) is 0 Å². The minimum absolute atomic E-state index is 0.351. The Morgan fingerprint density at radius 2 is 2.00 bits per heavy atom. The molecule has 1 rings (SSSR count). The van der Waals surface area contributed by atoms with Crippen molar-refractivity contribution in [2.24, 2.45) is 11.1 Å². The highest BCUT2D eigenvalue weighted by Gasteiger charge is 2.31. The molecule has 0 radical (unpaired) electrons. The highest BCUT2D eigenvalue weighted by atomic mass is 15.1. The van der Waals surface area contributed by atoms with Gasteiger partial charge >= 0.3 is 0 Å². The van der Waals surface area contributed by atoms with Crippen LogP contribution in [0, 0.1) is 17.8 Å². The Morgan fingerprint density at radius 3 is 2.50 bits per heavy atom. The number of nitrogens with zero attached hydrogens (tertiary/aromatic N) is 1. The summed E-state index contributed by atoms with van der Waals surface area (Å²) >= 11 is 0. The molecule has 2 heteroatoms. The standard InChI is InChI=1S/C12H22N2/c1-3-9-14(2)11-12(10-13)7-5-4-6-8-12/h1H,4-11,13H2,2H3. The molecule has 0 heterocycles. The Morgan fingerprint density at radius 1 is 1.36 bits per heavy atom. The molecule has 1 aliphatic carbocycles. The summed E-state index contributed by atoms with van der Waals surface area (Å²) in [4.78, 5) is 2.22. The van der Waals surface area contributed by atoms with E-state index in [2.05, 4.69) is 17.9 Å². The molecule has 0 aromatic carbocycles. The second-order valence-electron chi connectivity index (χ2n) is 4.64. The van der Waals surface area contributed by atoms with Gasteiger partial charge in [-0.05, 0) is 31.8 Å². The van der Waals surface area contributed by atoms with Crippen LogP contribution < -0.4 is 5.73 Å². The SMILES string of the molecule is C#CCN(C)CC1(CN)CCCCC1. The molecule has 2 nitrogen and oxygen atoms in total. The molecule has 0 unspecified atom stereocenters. The molecular formula is C12H22N2. The Balaban J connectivity index is 2.47. The molecule has 1 saturated carbocycles. The van der Waals surface area contributed by atoms with Crippen molar-refractivity contribution in [1.82, 2.24) is 4.90 Å². The summed E-state index contributed by atoms with van der Waals surface area (Å²) in [6.45, 7) is 2.61. The summed E-state index contributed by atoms with van der Waals surface area (Å²) < 4.78 is 0. The van der Waals surface area contributed by atoms with Crippen LogP contribution in [0.3, 0.4) is 0 Å². The number of rotatable bonds is 4. The molecular weight excluding hydrogens is 172 g/mol. The van der Waals surface area contributed by atoms with E-state index in [1.54, 1.807) is 0 Å². The fraction of sp³-hybridized carbons (Fsp3) is 0.833. The van der Waals surface area contributed by atoms with Gasteiger partial charge in [0, 0.05) is 6.54 Å². The lowest BCUT2D eigenvalue weighted by molar-refractivity contribution is 0.136. The van der Waals surface area contributed by atoms with Crippen molar-refractivity contribution in [2.45, 2.75) is 32.1 Å². The maximum atomic E-state index is 5.90. The lowest BCUT2D eigenvalue weighted by atomic mass is 9.74. The first kappa shape index (κ1) is 11.6. The number of hydrogen-bond donors (Lipinski definition) is 1. The highest BCUT2D eigenvalue weighted by molar-refractivity contribution is 4.91. The zero-order valence-corrected chi connectivity index (χ0v) is 9.26. The van der Waals surface area contributed by atoms with Gasteiger partial charge in [0.15, 0.2) is 0 Å². The Kier molecular flexibility index (Phi) is 4.44. The summed E-state index contributed by atoms with van der Waals surface area (Å²) in [7, 11) is 2.09. The molecule has 2 N–H and O–H groups in total. The quantitative estimate of drug-likeness (QED) is 0.687. The van der Waals surface area contributed by atoms with E-state index in [4.69, 9.17) is 12.2 Å². The van der Waals surface area contributed by atoms with E-state index in [-0.39, 0.29) is 0 Å². The Hall–Kier alpha value is -0.520. The van der Waals surface area contributed by atoms with E-state index < -0.39 is 0 Å². The molecule has 0 atom stereocenters. The third-order valence-corrected chi connectivity index (χ3v) is 3.31. The van der Waals surface area contributed by atoms with Crippen LogP contribution in [0.2, 0.25) is 0 Å². The zero-order chi connectivity index (χ0) is 10.4. The molecule has 0 aliphatic heterocycles. The number of nitrogens with two attached hydrogens (primary N) is 1. The van der Waals surface area contributed by atoms with E-state index in [0.717, 1.165) is 19.6 Å². The largest absolute Gasteiger partial charge is 0.330 e. The van der Waals surface area contributed by atoms with Crippen molar-refractivity contribution >= 4 is 0 Å². The van der Waals surface area contributed by atoms with Crippen molar-refractivity contribution in [2.75, 3.05) is 26.7 Å². The van der Waals surface area contributed by atoms with Crippen LogP contribution in [0.1, 0.15) is 32.1 Å². The van der Waals surface area contributed by atoms with Crippen LogP contribution in [-0.4, -0.2) is 31.6 Å². The van der Waals surface area contributed by atoms with Gasteiger partial charge in [-0.1, -0.05) is 25.2 Å². The highest BCUT2D eigenvalue weighted by Crippen LogP contribution is 2.35. The van der Waals surface area contributed by atoms with Crippen molar-refractivity contribution in [3.05, 3.63) is 0 Å². The van der Waals surface area contributed by atoms with Crippen molar-refractivity contribution < 1.29 is 0 Å². The lowest BCUT2D eigenvalue weighted by Crippen LogP contribution is -2.42. The predicted molar refractivity (Wildman–Crippen MR) is 60.9 cm³/mol. The Bertz CT molecular complexity index is 199. The fourth-order valence-electron chi connectivity index (χ4n) is 2.51. The molecule has 0 amide bonds. The van der Waals surface area contributed by atoms with Gasteiger partial charge in [0.25, 0.3) is 0 Å². The molecule has 1 fully saturated rings. The molecule has 0 spiro atoms. The maximum absolute atomic E-state index is 5.90. The van der Waals surface area contributed by atoms with Crippen molar-refractivity contribution in [3.8, 4) is 12.3 Å². The topological polar surface area (TPSA) is 29.3 Å². The van der Waals surface area contributed by atoms with Gasteiger partial charge in [-0.25, -0.2) is 0 Å². The summed E-state index contributed by atoms with van der Waals surface area (Å²) in [5.41, 5.74) is 6.26. The normalized spacial score (nSPS) is 20.7. The average Bonchev–Trinajstić information content (AvgIpc) is 2.19. The van der Waals surface area contributed by atoms with Crippen LogP contribution in [0.4, 0.5) is 0 Å². The van der Waals surface area contributed by atoms with Crippen molar-refractivity contribution in [1.29, 1.82) is 0 Å². The second kappa shape index (κ2) is 5.38. The summed E-state index contributed by atoms with van der Waals surface area (Å²) in [5.74, 6) is 2.68. The summed E-state index contributed by atoms with van der Waals surface area (Å²) in [5, 5.41) is 0. The van der Waals surface area contributed by atoms with Gasteiger partial charge in [0.05, 0.1) is 6.54 Å². The van der Waals surface area contributed by atoms with E-state index in [0.29, 0.717) is 5.41 Å². The van der Waals surface area contributed by atoms with Crippen LogP contribution in [0.5, 0.6) is 0 Å². The number of terminal acetylenes is 1. The van der Waals surface area contributed by atoms with Gasteiger partial charge in [0.2, 0.25) is 0 Å². The maximum Gasteiger partial charge on any atom is 0.0596 e. The fourth-order valence-corrected chi connectivity index (χ4v) is 2.51. The summed E-state index contributed by atoms with van der Waals surface area (Å²) in [6.07, 6.45) is 11.9. The molecule has 14 heavy (non-hydrogen) atoms. The van der Waals surface area contributed by atoms with Gasteiger partial charge in [-0.2, -0.15) is 0 Å². The smallest absolute Gasteiger partial charge is 0.0596 e. The van der Waals surface area contributed by atoms with Gasteiger partial charge in [-0.3, -0.25) is 4.90 Å². The third-order valence-electron chi connectivity index (χ3n) is 3.31. The molecule has 0 aromatic rings. The lowest BCUT2D eigenvalue weighted by Gasteiger charge is -2.38. The minimum atomic E-state index is 0.351. The van der Waals surface area contributed by atoms with Crippen LogP contribution in [-0.2, 0) is 0 Å². The predicted octanol–water partition coefficient (Wildman–Crippen LogP) is 1.46. The average molecular weight is 194 g/mol. The van der Waals surface area contributed by atoms with Gasteiger partial charge in [-0.15, -0.1) is 6.42 Å². The second-order valence-corrected chi connectivity index (χ2v) is 4.64. The van der Waals surface area contributed by atoms with Gasteiger partial charge < -0.3 is 5.73 Å². The first-order valence-corrected chi connectivity index (χ1v) is 5.54. The molecule has 0 aromatic heterocycles.